The van der Waals surface area contributed by atoms with Gasteiger partial charge in [0.1, 0.15) is 5.75 Å². The molecule has 28 heavy (non-hydrogen) atoms. The number of para-hydroxylation sites is 1. The smallest absolute Gasteiger partial charge is 0.262 e. The van der Waals surface area contributed by atoms with Crippen LogP contribution in [0.15, 0.2) is 48.5 Å². The molecule has 0 fully saturated rings. The summed E-state index contributed by atoms with van der Waals surface area (Å²) in [4.78, 5) is 36.2. The third-order valence-corrected chi connectivity index (χ3v) is 3.98. The minimum absolute atomic E-state index is 0.0524. The predicted octanol–water partition coefficient (Wildman–Crippen LogP) is 3.68. The Morgan fingerprint density at radius 2 is 1.68 bits per heavy atom. The van der Waals surface area contributed by atoms with Gasteiger partial charge in [-0.15, -0.1) is 0 Å². The van der Waals surface area contributed by atoms with Gasteiger partial charge in [0.05, 0.1) is 11.3 Å². The van der Waals surface area contributed by atoms with E-state index in [0.29, 0.717) is 41.4 Å². The summed E-state index contributed by atoms with van der Waals surface area (Å²) < 4.78 is 5.46. The zero-order valence-corrected chi connectivity index (χ0v) is 16.5. The van der Waals surface area contributed by atoms with Crippen LogP contribution in [0, 0.1) is 5.92 Å². The van der Waals surface area contributed by atoms with Gasteiger partial charge in [-0.3, -0.25) is 14.4 Å². The number of hydrogen-bond acceptors (Lipinski definition) is 4. The molecule has 0 aliphatic carbocycles. The summed E-state index contributed by atoms with van der Waals surface area (Å²) in [6, 6.07) is 13.5. The Kier molecular flexibility index (Phi) is 7.75. The Morgan fingerprint density at radius 3 is 2.32 bits per heavy atom. The maximum atomic E-state index is 12.3. The first-order valence-electron chi connectivity index (χ1n) is 9.33. The molecule has 0 bridgehead atoms. The van der Waals surface area contributed by atoms with Gasteiger partial charge in [0.15, 0.2) is 12.4 Å². The predicted molar refractivity (Wildman–Crippen MR) is 109 cm³/mol. The molecule has 2 aromatic carbocycles. The first-order valence-corrected chi connectivity index (χ1v) is 9.33. The van der Waals surface area contributed by atoms with Crippen molar-refractivity contribution in [1.29, 1.82) is 0 Å². The van der Waals surface area contributed by atoms with Crippen LogP contribution in [-0.2, 0) is 4.79 Å². The van der Waals surface area contributed by atoms with E-state index in [1.165, 1.54) is 0 Å². The molecule has 2 N–H and O–H groups in total. The largest absolute Gasteiger partial charge is 0.484 e. The lowest BCUT2D eigenvalue weighted by atomic mass is 10.1. The lowest BCUT2D eigenvalue weighted by Crippen LogP contribution is -2.29. The van der Waals surface area contributed by atoms with Gasteiger partial charge in [0.25, 0.3) is 11.8 Å². The second-order valence-electron chi connectivity index (χ2n) is 6.79. The third kappa shape index (κ3) is 6.23. The number of carbonyl (C=O) groups excluding carboxylic acids is 3. The third-order valence-electron chi connectivity index (χ3n) is 3.98. The monoisotopic (exact) mass is 382 g/mol. The van der Waals surface area contributed by atoms with Gasteiger partial charge in [-0.1, -0.05) is 32.9 Å². The molecule has 2 amide bonds. The highest BCUT2D eigenvalue weighted by Crippen LogP contribution is 2.16. The summed E-state index contributed by atoms with van der Waals surface area (Å²) in [6.45, 7) is 6.17. The van der Waals surface area contributed by atoms with E-state index >= 15 is 0 Å². The van der Waals surface area contributed by atoms with Gasteiger partial charge in [0.2, 0.25) is 0 Å². The molecular formula is C22H26N2O4. The summed E-state index contributed by atoms with van der Waals surface area (Å²) in [5, 5.41) is 5.55. The molecule has 0 saturated carbocycles. The van der Waals surface area contributed by atoms with Crippen LogP contribution in [0.2, 0.25) is 0 Å². The minimum Gasteiger partial charge on any atom is -0.484 e. The Morgan fingerprint density at radius 1 is 1.00 bits per heavy atom. The zero-order valence-electron chi connectivity index (χ0n) is 16.5. The van der Waals surface area contributed by atoms with Crippen molar-refractivity contribution in [3.63, 3.8) is 0 Å². The second-order valence-corrected chi connectivity index (χ2v) is 6.79. The highest BCUT2D eigenvalue weighted by Gasteiger charge is 2.13. The fraction of sp³-hybridized carbons (Fsp3) is 0.318. The summed E-state index contributed by atoms with van der Waals surface area (Å²) >= 11 is 0. The maximum absolute atomic E-state index is 12.3. The van der Waals surface area contributed by atoms with Crippen molar-refractivity contribution >= 4 is 23.3 Å². The molecule has 6 nitrogen and oxygen atoms in total. The SMILES string of the molecule is CCC(=O)c1ccc(OCC(=O)Nc2ccccc2C(=O)NCC(C)C)cc1. The molecule has 148 valence electrons. The lowest BCUT2D eigenvalue weighted by molar-refractivity contribution is -0.118. The number of anilines is 1. The molecule has 0 aliphatic heterocycles. The fourth-order valence-electron chi connectivity index (χ4n) is 2.46. The van der Waals surface area contributed by atoms with E-state index in [1.807, 2.05) is 13.8 Å². The average Bonchev–Trinajstić information content (AvgIpc) is 2.70. The second kappa shape index (κ2) is 10.3. The van der Waals surface area contributed by atoms with E-state index in [2.05, 4.69) is 10.6 Å². The Hall–Kier alpha value is -3.15. The number of hydrogen-bond donors (Lipinski definition) is 2. The molecule has 0 aromatic heterocycles. The van der Waals surface area contributed by atoms with E-state index < -0.39 is 0 Å². The van der Waals surface area contributed by atoms with Crippen molar-refractivity contribution in [1.82, 2.24) is 5.32 Å². The standard InChI is InChI=1S/C22H26N2O4/c1-4-20(25)16-9-11-17(12-10-16)28-14-21(26)24-19-8-6-5-7-18(19)22(27)23-13-15(2)3/h5-12,15H,4,13-14H2,1-3H3,(H,23,27)(H,24,26). The number of amides is 2. The summed E-state index contributed by atoms with van der Waals surface area (Å²) in [6.07, 6.45) is 0.437. The maximum Gasteiger partial charge on any atom is 0.262 e. The summed E-state index contributed by atoms with van der Waals surface area (Å²) in [7, 11) is 0. The van der Waals surface area contributed by atoms with Crippen LogP contribution in [0.4, 0.5) is 5.69 Å². The van der Waals surface area contributed by atoms with E-state index in [-0.39, 0.29) is 24.2 Å². The highest BCUT2D eigenvalue weighted by molar-refractivity contribution is 6.04. The van der Waals surface area contributed by atoms with Crippen LogP contribution in [0.25, 0.3) is 0 Å². The van der Waals surface area contributed by atoms with Crippen molar-refractivity contribution in [3.8, 4) is 5.75 Å². The normalized spacial score (nSPS) is 10.4. The van der Waals surface area contributed by atoms with Crippen LogP contribution >= 0.6 is 0 Å². The van der Waals surface area contributed by atoms with E-state index in [1.54, 1.807) is 55.5 Å². The van der Waals surface area contributed by atoms with Gasteiger partial charge >= 0.3 is 0 Å². The van der Waals surface area contributed by atoms with E-state index in [4.69, 9.17) is 4.74 Å². The van der Waals surface area contributed by atoms with Crippen LogP contribution in [0.1, 0.15) is 47.9 Å². The molecule has 0 heterocycles. The number of ketones is 1. The first-order chi connectivity index (χ1) is 13.4. The van der Waals surface area contributed by atoms with E-state index in [9.17, 15) is 14.4 Å². The molecular weight excluding hydrogens is 356 g/mol. The van der Waals surface area contributed by atoms with Gasteiger partial charge < -0.3 is 15.4 Å². The summed E-state index contributed by atoms with van der Waals surface area (Å²) in [5.41, 5.74) is 1.45. The van der Waals surface area contributed by atoms with Crippen molar-refractivity contribution in [2.75, 3.05) is 18.5 Å². The molecule has 0 unspecified atom stereocenters. The van der Waals surface area contributed by atoms with Crippen LogP contribution < -0.4 is 15.4 Å². The van der Waals surface area contributed by atoms with Crippen molar-refractivity contribution < 1.29 is 19.1 Å². The van der Waals surface area contributed by atoms with Crippen molar-refractivity contribution in [2.45, 2.75) is 27.2 Å². The number of rotatable bonds is 9. The first kappa shape index (κ1) is 21.2. The minimum atomic E-state index is -0.377. The van der Waals surface area contributed by atoms with Crippen molar-refractivity contribution in [2.24, 2.45) is 5.92 Å². The number of nitrogens with one attached hydrogen (secondary N) is 2. The van der Waals surface area contributed by atoms with E-state index in [0.717, 1.165) is 0 Å². The quantitative estimate of drug-likeness (QED) is 0.648. The number of Topliss-reactive ketones (excluding diaryl/α,β-unsaturated/α-hetero) is 1. The van der Waals surface area contributed by atoms with Gasteiger partial charge in [-0.05, 0) is 42.3 Å². The molecule has 6 heteroatoms. The zero-order chi connectivity index (χ0) is 20.5. The molecule has 0 aliphatic rings. The number of ether oxygens (including phenoxy) is 1. The molecule has 0 saturated heterocycles. The van der Waals surface area contributed by atoms with Crippen LogP contribution in [0.3, 0.4) is 0 Å². The number of carbonyl (C=O) groups is 3. The Bertz CT molecular complexity index is 829. The van der Waals surface area contributed by atoms with Gasteiger partial charge in [-0.2, -0.15) is 0 Å². The van der Waals surface area contributed by atoms with Crippen molar-refractivity contribution in [3.05, 3.63) is 59.7 Å². The van der Waals surface area contributed by atoms with Gasteiger partial charge in [-0.25, -0.2) is 0 Å². The topological polar surface area (TPSA) is 84.5 Å². The lowest BCUT2D eigenvalue weighted by Gasteiger charge is -2.13. The molecule has 0 spiro atoms. The number of benzene rings is 2. The van der Waals surface area contributed by atoms with Crippen LogP contribution in [0.5, 0.6) is 5.75 Å². The average molecular weight is 382 g/mol. The molecule has 2 aromatic rings. The molecule has 0 atom stereocenters. The highest BCUT2D eigenvalue weighted by atomic mass is 16.5. The van der Waals surface area contributed by atoms with Gasteiger partial charge in [0, 0.05) is 18.5 Å². The molecule has 0 radical (unpaired) electrons. The fourth-order valence-corrected chi connectivity index (χ4v) is 2.46. The molecule has 2 rings (SSSR count). The van der Waals surface area contributed by atoms with Crippen LogP contribution in [-0.4, -0.2) is 30.7 Å². The Balaban J connectivity index is 1.94. The Labute approximate surface area is 165 Å². The summed E-state index contributed by atoms with van der Waals surface area (Å²) in [5.74, 6) is 0.264.